The number of nitrogens with one attached hydrogen (secondary N) is 1. The van der Waals surface area contributed by atoms with Crippen LogP contribution in [0.25, 0.3) is 0 Å². The van der Waals surface area contributed by atoms with E-state index in [4.69, 9.17) is 4.74 Å². The van der Waals surface area contributed by atoms with Crippen LogP contribution in [0.4, 0.5) is 5.69 Å². The monoisotopic (exact) mass is 385 g/mol. The number of ether oxygens (including phenoxy) is 1. The quantitative estimate of drug-likeness (QED) is 0.417. The van der Waals surface area contributed by atoms with Gasteiger partial charge in [0.05, 0.1) is 12.1 Å². The second kappa shape index (κ2) is 9.92. The predicted molar refractivity (Wildman–Crippen MR) is 107 cm³/mol. The van der Waals surface area contributed by atoms with E-state index in [-0.39, 0.29) is 30.6 Å². The summed E-state index contributed by atoms with van der Waals surface area (Å²) in [7, 11) is 0. The number of hydrogen-bond acceptors (Lipinski definition) is 5. The Bertz CT molecular complexity index is 820. The van der Waals surface area contributed by atoms with E-state index in [1.54, 1.807) is 18.2 Å². The Hall–Kier alpha value is -2.60. The van der Waals surface area contributed by atoms with Crippen molar-refractivity contribution in [2.45, 2.75) is 31.1 Å². The molecule has 5 nitrogen and oxygen atoms in total. The second-order valence-corrected chi connectivity index (χ2v) is 7.04. The number of rotatable bonds is 8. The predicted octanol–water partition coefficient (Wildman–Crippen LogP) is 4.29. The Balaban J connectivity index is 1.95. The van der Waals surface area contributed by atoms with Gasteiger partial charge in [-0.05, 0) is 29.9 Å². The number of carbonyl (C=O) groups is 3. The number of benzene rings is 2. The Labute approximate surface area is 163 Å². The lowest BCUT2D eigenvalue weighted by molar-refractivity contribution is -0.142. The summed E-state index contributed by atoms with van der Waals surface area (Å²) in [6.45, 7) is 3.03. The average Bonchev–Trinajstić information content (AvgIpc) is 2.66. The van der Waals surface area contributed by atoms with Gasteiger partial charge in [-0.3, -0.25) is 14.4 Å². The molecule has 1 amide bonds. The molecule has 0 radical (unpaired) electrons. The Morgan fingerprint density at radius 3 is 2.44 bits per heavy atom. The Kier molecular flexibility index (Phi) is 7.61. The van der Waals surface area contributed by atoms with Gasteiger partial charge in [0, 0.05) is 17.4 Å². The van der Waals surface area contributed by atoms with E-state index in [1.165, 1.54) is 18.7 Å². The van der Waals surface area contributed by atoms with E-state index in [0.717, 1.165) is 10.5 Å². The molecule has 0 spiro atoms. The first-order valence-corrected chi connectivity index (χ1v) is 9.82. The van der Waals surface area contributed by atoms with Crippen LogP contribution in [-0.4, -0.2) is 30.5 Å². The van der Waals surface area contributed by atoms with Crippen molar-refractivity contribution in [3.05, 3.63) is 59.7 Å². The summed E-state index contributed by atoms with van der Waals surface area (Å²) < 4.78 is 5.15. The first kappa shape index (κ1) is 20.7. The van der Waals surface area contributed by atoms with Crippen LogP contribution in [0.1, 0.15) is 42.1 Å². The molecule has 0 saturated carbocycles. The van der Waals surface area contributed by atoms with Gasteiger partial charge in [0.25, 0.3) is 0 Å². The highest BCUT2D eigenvalue weighted by molar-refractivity contribution is 7.98. The molecule has 142 valence electrons. The molecule has 0 aliphatic rings. The van der Waals surface area contributed by atoms with Gasteiger partial charge in [0.2, 0.25) is 5.91 Å². The molecule has 0 bridgehead atoms. The number of esters is 1. The van der Waals surface area contributed by atoms with Crippen molar-refractivity contribution in [1.29, 1.82) is 0 Å². The SMILES string of the molecule is CSc1ccc(C(=O)COC(=O)CC(C)c2ccccc2)cc1NC(C)=O. The Morgan fingerprint density at radius 1 is 1.11 bits per heavy atom. The Morgan fingerprint density at radius 2 is 1.81 bits per heavy atom. The zero-order valence-corrected chi connectivity index (χ0v) is 16.5. The van der Waals surface area contributed by atoms with Crippen LogP contribution < -0.4 is 5.32 Å². The van der Waals surface area contributed by atoms with Crippen LogP contribution in [0, 0.1) is 0 Å². The highest BCUT2D eigenvalue weighted by Crippen LogP contribution is 2.27. The summed E-state index contributed by atoms with van der Waals surface area (Å²) in [5.41, 5.74) is 2.01. The van der Waals surface area contributed by atoms with Crippen LogP contribution >= 0.6 is 11.8 Å². The van der Waals surface area contributed by atoms with Gasteiger partial charge in [0.15, 0.2) is 12.4 Å². The number of thioether (sulfide) groups is 1. The molecule has 2 aromatic carbocycles. The maximum Gasteiger partial charge on any atom is 0.306 e. The first-order valence-electron chi connectivity index (χ1n) is 8.60. The first-order chi connectivity index (χ1) is 12.9. The number of amides is 1. The standard InChI is InChI=1S/C21H23NO4S/c1-14(16-7-5-4-6-8-16)11-21(25)26-13-19(24)17-9-10-20(27-3)18(12-17)22-15(2)23/h4-10,12,14H,11,13H2,1-3H3,(H,22,23). The van der Waals surface area contributed by atoms with Crippen molar-refractivity contribution in [3.63, 3.8) is 0 Å². The van der Waals surface area contributed by atoms with E-state index in [9.17, 15) is 14.4 Å². The van der Waals surface area contributed by atoms with Crippen LogP contribution in [0.5, 0.6) is 0 Å². The fraction of sp³-hybridized carbons (Fsp3) is 0.286. The molecule has 1 atom stereocenters. The number of Topliss-reactive ketones (excluding diaryl/α,β-unsaturated/α-hetero) is 1. The maximum atomic E-state index is 12.3. The highest BCUT2D eigenvalue weighted by atomic mass is 32.2. The fourth-order valence-electron chi connectivity index (χ4n) is 2.61. The minimum absolute atomic E-state index is 0.0148. The summed E-state index contributed by atoms with van der Waals surface area (Å²) in [6.07, 6.45) is 2.09. The third-order valence-corrected chi connectivity index (χ3v) is 4.83. The van der Waals surface area contributed by atoms with Crippen molar-refractivity contribution < 1.29 is 19.1 Å². The molecule has 6 heteroatoms. The zero-order valence-electron chi connectivity index (χ0n) is 15.7. The van der Waals surface area contributed by atoms with Gasteiger partial charge in [-0.15, -0.1) is 11.8 Å². The maximum absolute atomic E-state index is 12.3. The van der Waals surface area contributed by atoms with E-state index in [2.05, 4.69) is 5.32 Å². The lowest BCUT2D eigenvalue weighted by atomic mass is 9.98. The van der Waals surface area contributed by atoms with Crippen molar-refractivity contribution in [3.8, 4) is 0 Å². The van der Waals surface area contributed by atoms with Crippen molar-refractivity contribution in [1.82, 2.24) is 0 Å². The van der Waals surface area contributed by atoms with E-state index >= 15 is 0 Å². The van der Waals surface area contributed by atoms with Crippen LogP contribution in [0.3, 0.4) is 0 Å². The molecule has 0 aliphatic heterocycles. The van der Waals surface area contributed by atoms with Crippen LogP contribution in [0.2, 0.25) is 0 Å². The smallest absolute Gasteiger partial charge is 0.306 e. The van der Waals surface area contributed by atoms with Gasteiger partial charge in [-0.1, -0.05) is 43.3 Å². The molecular formula is C21H23NO4S. The summed E-state index contributed by atoms with van der Waals surface area (Å²) in [5.74, 6) is -0.922. The molecule has 0 aromatic heterocycles. The van der Waals surface area contributed by atoms with Gasteiger partial charge in [0.1, 0.15) is 0 Å². The minimum Gasteiger partial charge on any atom is -0.457 e. The largest absolute Gasteiger partial charge is 0.457 e. The molecular weight excluding hydrogens is 362 g/mol. The third-order valence-electron chi connectivity index (χ3n) is 4.04. The molecule has 1 unspecified atom stereocenters. The van der Waals surface area contributed by atoms with Crippen molar-refractivity contribution in [2.24, 2.45) is 0 Å². The molecule has 0 aliphatic carbocycles. The van der Waals surface area contributed by atoms with Crippen LogP contribution in [-0.2, 0) is 14.3 Å². The minimum atomic E-state index is -0.414. The summed E-state index contributed by atoms with van der Waals surface area (Å²) in [6, 6.07) is 14.7. The summed E-state index contributed by atoms with van der Waals surface area (Å²) in [5, 5.41) is 2.71. The number of carbonyl (C=O) groups excluding carboxylic acids is 3. The van der Waals surface area contributed by atoms with Gasteiger partial charge in [-0.25, -0.2) is 0 Å². The lowest BCUT2D eigenvalue weighted by Crippen LogP contribution is -2.16. The van der Waals surface area contributed by atoms with Crippen LogP contribution in [0.15, 0.2) is 53.4 Å². The molecule has 27 heavy (non-hydrogen) atoms. The fourth-order valence-corrected chi connectivity index (χ4v) is 3.14. The van der Waals surface area contributed by atoms with Crippen molar-refractivity contribution in [2.75, 3.05) is 18.2 Å². The number of hydrogen-bond donors (Lipinski definition) is 1. The molecule has 0 heterocycles. The highest BCUT2D eigenvalue weighted by Gasteiger charge is 2.16. The van der Waals surface area contributed by atoms with Gasteiger partial charge >= 0.3 is 5.97 Å². The normalized spacial score (nSPS) is 11.5. The van der Waals surface area contributed by atoms with Gasteiger partial charge < -0.3 is 10.1 Å². The average molecular weight is 385 g/mol. The summed E-state index contributed by atoms with van der Waals surface area (Å²) >= 11 is 1.47. The molecule has 2 rings (SSSR count). The van der Waals surface area contributed by atoms with Crippen molar-refractivity contribution >= 4 is 35.1 Å². The second-order valence-electron chi connectivity index (χ2n) is 6.20. The third kappa shape index (κ3) is 6.25. The molecule has 0 fully saturated rings. The molecule has 1 N–H and O–H groups in total. The van der Waals surface area contributed by atoms with E-state index in [0.29, 0.717) is 11.3 Å². The zero-order chi connectivity index (χ0) is 19.8. The van der Waals surface area contributed by atoms with E-state index in [1.807, 2.05) is 43.5 Å². The molecule has 0 saturated heterocycles. The molecule has 2 aromatic rings. The van der Waals surface area contributed by atoms with Gasteiger partial charge in [-0.2, -0.15) is 0 Å². The number of ketones is 1. The topological polar surface area (TPSA) is 72.5 Å². The summed E-state index contributed by atoms with van der Waals surface area (Å²) in [4.78, 5) is 36.6. The van der Waals surface area contributed by atoms with E-state index < -0.39 is 5.97 Å². The number of anilines is 1. The lowest BCUT2D eigenvalue weighted by Gasteiger charge is -2.12.